The zero-order valence-corrected chi connectivity index (χ0v) is 22.6. The average Bonchev–Trinajstić information content (AvgIpc) is 3.65. The van der Waals surface area contributed by atoms with Gasteiger partial charge in [-0.2, -0.15) is 4.99 Å². The van der Waals surface area contributed by atoms with E-state index in [-0.39, 0.29) is 18.1 Å². The molecule has 2 saturated carbocycles. The smallest absolute Gasteiger partial charge is 0.408 e. The van der Waals surface area contributed by atoms with Crippen molar-refractivity contribution in [2.45, 2.75) is 56.8 Å². The number of ether oxygens (including phenoxy) is 1. The first-order valence-corrected chi connectivity index (χ1v) is 12.5. The number of nitrogens with zero attached hydrogens (tertiary/aromatic N) is 3. The molecular weight excluding hydrogens is 529 g/mol. The van der Waals surface area contributed by atoms with E-state index in [9.17, 15) is 27.6 Å². The number of fused-ring (bicyclic) bond motifs is 1. The fourth-order valence-electron chi connectivity index (χ4n) is 4.39. The molecule has 2 fully saturated rings. The number of amides is 4. The number of rotatable bonds is 7. The van der Waals surface area contributed by atoms with Crippen LogP contribution in [0.2, 0.25) is 0 Å². The first-order chi connectivity index (χ1) is 18.7. The maximum atomic E-state index is 13.8. The van der Waals surface area contributed by atoms with E-state index >= 15 is 0 Å². The van der Waals surface area contributed by atoms with Crippen LogP contribution in [0.3, 0.4) is 0 Å². The third-order valence-corrected chi connectivity index (χ3v) is 6.73. The van der Waals surface area contributed by atoms with E-state index in [4.69, 9.17) is 4.74 Å². The highest BCUT2D eigenvalue weighted by Gasteiger charge is 2.85. The molecule has 0 saturated heterocycles. The third kappa shape index (κ3) is 6.13. The molecule has 0 unspecified atom stereocenters. The Kier molecular flexibility index (Phi) is 7.43. The third-order valence-electron chi connectivity index (χ3n) is 6.73. The Labute approximate surface area is 229 Å². The number of aliphatic imine (C=N–C) groups is 1. The monoisotopic (exact) mass is 560 g/mol. The predicted molar refractivity (Wildman–Crippen MR) is 140 cm³/mol. The van der Waals surface area contributed by atoms with Gasteiger partial charge in [-0.15, -0.1) is 0 Å². The summed E-state index contributed by atoms with van der Waals surface area (Å²) in [4.78, 5) is 43.9. The van der Waals surface area contributed by atoms with E-state index < -0.39 is 52.8 Å². The van der Waals surface area contributed by atoms with Gasteiger partial charge in [0.25, 0.3) is 0 Å². The van der Waals surface area contributed by atoms with Gasteiger partial charge in [0.05, 0.1) is 17.6 Å². The fraction of sp³-hybridized carbons (Fsp3) is 0.407. The Morgan fingerprint density at radius 3 is 2.35 bits per heavy atom. The molecule has 214 valence electrons. The van der Waals surface area contributed by atoms with Crippen LogP contribution >= 0.6 is 0 Å². The highest BCUT2D eigenvalue weighted by atomic mass is 19.2. The molecule has 3 N–H and O–H groups in total. The Balaban J connectivity index is 1.55. The van der Waals surface area contributed by atoms with E-state index in [2.05, 4.69) is 27.5 Å². The van der Waals surface area contributed by atoms with Crippen LogP contribution < -0.4 is 16.0 Å². The second-order valence-electron chi connectivity index (χ2n) is 11.1. The van der Waals surface area contributed by atoms with E-state index in [0.29, 0.717) is 24.9 Å². The Morgan fingerprint density at radius 2 is 1.77 bits per heavy atom. The summed E-state index contributed by atoms with van der Waals surface area (Å²) in [6, 6.07) is 0.781. The van der Waals surface area contributed by atoms with E-state index in [1.807, 2.05) is 0 Å². The van der Waals surface area contributed by atoms with Crippen LogP contribution in [-0.4, -0.2) is 64.6 Å². The molecule has 4 rings (SSSR count). The van der Waals surface area contributed by atoms with Gasteiger partial charge in [0.1, 0.15) is 5.60 Å². The van der Waals surface area contributed by atoms with Gasteiger partial charge in [0, 0.05) is 25.5 Å². The van der Waals surface area contributed by atoms with E-state index in [0.717, 1.165) is 22.6 Å². The maximum Gasteiger partial charge on any atom is 0.408 e. The number of urea groups is 1. The molecule has 2 aliphatic carbocycles. The lowest BCUT2D eigenvalue weighted by Gasteiger charge is -2.24. The van der Waals surface area contributed by atoms with Crippen LogP contribution in [0.5, 0.6) is 0 Å². The molecule has 1 aromatic rings. The van der Waals surface area contributed by atoms with Gasteiger partial charge in [-0.3, -0.25) is 9.69 Å². The van der Waals surface area contributed by atoms with Crippen molar-refractivity contribution >= 4 is 24.5 Å². The first-order valence-electron chi connectivity index (χ1n) is 12.5. The normalized spacial score (nSPS) is 22.8. The lowest BCUT2D eigenvalue weighted by molar-refractivity contribution is -0.115. The molecule has 13 heteroatoms. The van der Waals surface area contributed by atoms with E-state index in [1.54, 1.807) is 39.1 Å². The molecule has 1 aromatic carbocycles. The lowest BCUT2D eigenvalue weighted by Crippen LogP contribution is -2.46. The lowest BCUT2D eigenvalue weighted by atomic mass is 10.1. The molecule has 1 heterocycles. The average molecular weight is 561 g/mol. The van der Waals surface area contributed by atoms with Gasteiger partial charge < -0.3 is 25.6 Å². The highest BCUT2D eigenvalue weighted by molar-refractivity contribution is 5.98. The minimum Gasteiger partial charge on any atom is -0.444 e. The highest BCUT2D eigenvalue weighted by Crippen LogP contribution is 2.70. The van der Waals surface area contributed by atoms with Crippen LogP contribution in [0.15, 0.2) is 53.3 Å². The Hall–Kier alpha value is -4.29. The van der Waals surface area contributed by atoms with Crippen molar-refractivity contribution in [2.75, 3.05) is 13.6 Å². The second-order valence-corrected chi connectivity index (χ2v) is 11.1. The van der Waals surface area contributed by atoms with Gasteiger partial charge in [-0.05, 0) is 63.0 Å². The predicted octanol–water partition coefficient (Wildman–Crippen LogP) is 3.43. The molecule has 40 heavy (non-hydrogen) atoms. The standard InChI is InChI=1S/C27H31F3N6O4/c1-16-18(7-6-8-31-16)12-35(5)23(38)32-22(36(15-37)11-17-9-19(28)21(30)20(29)10-17)33-26-13-27(26,14-26)34-24(39)40-25(2,3)4/h6-10,15,31H,1,11-14H2,2-5H3,(H,34,39)(H,32,33,38). The molecule has 4 amide bonds. The number of nitrogens with one attached hydrogen (secondary N) is 3. The quantitative estimate of drug-likeness (QED) is 0.204. The summed E-state index contributed by atoms with van der Waals surface area (Å²) in [5.74, 6) is -4.68. The number of likely N-dealkylation sites (N-methyl/N-ethyl adjacent to an activating group) is 1. The number of carbonyl (C=O) groups excluding carboxylic acids is 3. The maximum absolute atomic E-state index is 13.8. The van der Waals surface area contributed by atoms with Crippen molar-refractivity contribution in [1.82, 2.24) is 25.8 Å². The minimum absolute atomic E-state index is 0.0671. The van der Waals surface area contributed by atoms with Crippen LogP contribution in [0.25, 0.3) is 0 Å². The minimum atomic E-state index is -1.64. The molecule has 0 bridgehead atoms. The van der Waals surface area contributed by atoms with Crippen molar-refractivity contribution in [3.63, 3.8) is 0 Å². The number of alkyl carbamates (subject to hydrolysis) is 1. The Bertz CT molecular complexity index is 1320. The summed E-state index contributed by atoms with van der Waals surface area (Å²) in [6.07, 6.45) is 5.90. The van der Waals surface area contributed by atoms with Crippen LogP contribution in [0, 0.1) is 17.5 Å². The number of hydrogen-bond acceptors (Lipinski definition) is 5. The van der Waals surface area contributed by atoms with Crippen molar-refractivity contribution in [2.24, 2.45) is 4.99 Å². The molecular formula is C27H31F3N6O4. The van der Waals surface area contributed by atoms with Gasteiger partial charge in [0.2, 0.25) is 12.4 Å². The summed E-state index contributed by atoms with van der Waals surface area (Å²) in [6.45, 7) is 8.82. The van der Waals surface area contributed by atoms with Gasteiger partial charge in [0.15, 0.2) is 17.5 Å². The van der Waals surface area contributed by atoms with Crippen molar-refractivity contribution in [1.29, 1.82) is 0 Å². The van der Waals surface area contributed by atoms with Gasteiger partial charge >= 0.3 is 12.1 Å². The zero-order chi connectivity index (χ0) is 29.5. The van der Waals surface area contributed by atoms with Crippen LogP contribution in [-0.2, 0) is 16.1 Å². The summed E-state index contributed by atoms with van der Waals surface area (Å²) >= 11 is 0. The zero-order valence-electron chi connectivity index (χ0n) is 22.6. The SMILES string of the molecule is C=C1NC=CC=C1CN(C)C(=O)/N=C(/NC12CC1(NC(=O)OC(C)(C)C)C2)N(C=O)Cc1cc(F)c(F)c(F)c1. The van der Waals surface area contributed by atoms with Crippen molar-refractivity contribution in [3.05, 3.63) is 71.3 Å². The molecule has 1 aliphatic heterocycles. The number of hydrogen-bond donors (Lipinski definition) is 3. The van der Waals surface area contributed by atoms with Gasteiger partial charge in [-0.1, -0.05) is 12.7 Å². The summed E-state index contributed by atoms with van der Waals surface area (Å²) < 4.78 is 46.5. The number of allylic oxidation sites excluding steroid dienone is 2. The second kappa shape index (κ2) is 10.4. The number of guanidine groups is 1. The van der Waals surface area contributed by atoms with Crippen molar-refractivity contribution < 1.29 is 32.3 Å². The largest absolute Gasteiger partial charge is 0.444 e. The van der Waals surface area contributed by atoms with Crippen molar-refractivity contribution in [3.8, 4) is 0 Å². The summed E-state index contributed by atoms with van der Waals surface area (Å²) in [7, 11) is 1.51. The molecule has 0 atom stereocenters. The topological polar surface area (TPSA) is 115 Å². The molecule has 0 aromatic heterocycles. The molecule has 0 radical (unpaired) electrons. The molecule has 10 nitrogen and oxygen atoms in total. The number of benzene rings is 1. The fourth-order valence-corrected chi connectivity index (χ4v) is 4.39. The molecule has 0 spiro atoms. The van der Waals surface area contributed by atoms with Crippen LogP contribution in [0.1, 0.15) is 39.2 Å². The number of dihydropyridines is 1. The first kappa shape index (κ1) is 28.7. The number of halogens is 3. The summed E-state index contributed by atoms with van der Waals surface area (Å²) in [5, 5.41) is 8.83. The molecule has 3 aliphatic rings. The summed E-state index contributed by atoms with van der Waals surface area (Å²) in [5.41, 5.74) is -0.790. The van der Waals surface area contributed by atoms with Gasteiger partial charge in [-0.25, -0.2) is 22.8 Å². The number of carbonyl (C=O) groups is 3. The Morgan fingerprint density at radius 1 is 1.15 bits per heavy atom. The van der Waals surface area contributed by atoms with E-state index in [1.165, 1.54) is 11.9 Å². The van der Waals surface area contributed by atoms with Crippen LogP contribution in [0.4, 0.5) is 22.8 Å².